The summed E-state index contributed by atoms with van der Waals surface area (Å²) in [6.45, 7) is 0. The molecule has 0 amide bonds. The van der Waals surface area contributed by atoms with E-state index in [1.54, 1.807) is 0 Å². The molecule has 272 valence electrons. The summed E-state index contributed by atoms with van der Waals surface area (Å²) in [5, 5.41) is 8.71. The van der Waals surface area contributed by atoms with E-state index in [9.17, 15) is 0 Å². The van der Waals surface area contributed by atoms with E-state index in [1.165, 1.54) is 115 Å². The molecule has 3 aromatic heterocycles. The van der Waals surface area contributed by atoms with Crippen molar-refractivity contribution in [1.82, 2.24) is 0 Å². The molecule has 2 unspecified atom stereocenters. The second-order valence-corrected chi connectivity index (χ2v) is 20.0. The third-order valence-corrected chi connectivity index (χ3v) is 17.0. The Morgan fingerprint density at radius 1 is 0.362 bits per heavy atom. The van der Waals surface area contributed by atoms with Gasteiger partial charge in [-0.05, 0) is 117 Å². The minimum Gasteiger partial charge on any atom is -0.135 e. The Morgan fingerprint density at radius 2 is 0.828 bits per heavy atom. The molecule has 0 radical (unpaired) electrons. The predicted octanol–water partition coefficient (Wildman–Crippen LogP) is 17.0. The Hall–Kier alpha value is -5.75. The van der Waals surface area contributed by atoms with E-state index >= 15 is 0 Å². The van der Waals surface area contributed by atoms with Crippen LogP contribution in [0, 0.1) is 0 Å². The topological polar surface area (TPSA) is 0 Å². The van der Waals surface area contributed by atoms with Gasteiger partial charge >= 0.3 is 0 Å². The van der Waals surface area contributed by atoms with Gasteiger partial charge in [0.25, 0.3) is 0 Å². The largest absolute Gasteiger partial charge is 0.135 e. The van der Waals surface area contributed by atoms with E-state index in [0.29, 0.717) is 11.2 Å². The zero-order valence-electron chi connectivity index (χ0n) is 31.1. The van der Waals surface area contributed by atoms with Crippen LogP contribution >= 0.6 is 45.8 Å². The molecule has 1 aliphatic carbocycles. The molecule has 1 aliphatic heterocycles. The minimum atomic E-state index is 0.357. The van der Waals surface area contributed by atoms with Crippen LogP contribution in [0.1, 0.15) is 17.0 Å². The van der Waals surface area contributed by atoms with Crippen molar-refractivity contribution in [2.45, 2.75) is 16.1 Å². The number of hydrogen-bond acceptors (Lipinski definition) is 4. The van der Waals surface area contributed by atoms with Crippen LogP contribution in [0.15, 0.2) is 187 Å². The van der Waals surface area contributed by atoms with Crippen LogP contribution in [0.5, 0.6) is 0 Å². The molecule has 11 aromatic rings. The molecule has 4 heteroatoms. The average molecular weight is 809 g/mol. The quantitative estimate of drug-likeness (QED) is 0.171. The molecule has 2 aliphatic rings. The van der Waals surface area contributed by atoms with Gasteiger partial charge in [-0.3, -0.25) is 0 Å². The molecule has 0 bridgehead atoms. The van der Waals surface area contributed by atoms with Crippen molar-refractivity contribution >= 4 is 112 Å². The van der Waals surface area contributed by atoms with Crippen molar-refractivity contribution < 1.29 is 0 Å². The highest BCUT2D eigenvalue weighted by Crippen LogP contribution is 2.55. The molecule has 13 rings (SSSR count). The molecule has 8 aromatic carbocycles. The Bertz CT molecular complexity index is 3540. The first kappa shape index (κ1) is 33.2. The number of thioether (sulfide) groups is 1. The van der Waals surface area contributed by atoms with E-state index in [4.69, 9.17) is 0 Å². The van der Waals surface area contributed by atoms with Crippen molar-refractivity contribution in [2.75, 3.05) is 0 Å². The Labute approximate surface area is 352 Å². The molecule has 0 nitrogen and oxygen atoms in total. The van der Waals surface area contributed by atoms with Crippen LogP contribution in [0.4, 0.5) is 0 Å². The molecule has 4 heterocycles. The van der Waals surface area contributed by atoms with Gasteiger partial charge in [0, 0.05) is 76.6 Å². The lowest BCUT2D eigenvalue weighted by atomic mass is 9.85. The molecular formula is C54H32S4. The fraction of sp³-hybridized carbons (Fsp3) is 0.0370. The van der Waals surface area contributed by atoms with Gasteiger partial charge < -0.3 is 0 Å². The number of allylic oxidation sites excluding steroid dienone is 3. The van der Waals surface area contributed by atoms with Crippen LogP contribution in [0.3, 0.4) is 0 Å². The van der Waals surface area contributed by atoms with E-state index in [1.807, 2.05) is 45.8 Å². The number of rotatable bonds is 4. The number of hydrogen-bond donors (Lipinski definition) is 0. The van der Waals surface area contributed by atoms with Crippen LogP contribution in [0.25, 0.3) is 99.5 Å². The third-order valence-electron chi connectivity index (χ3n) is 12.2. The molecule has 0 fully saturated rings. The van der Waals surface area contributed by atoms with Crippen LogP contribution < -0.4 is 0 Å². The third kappa shape index (κ3) is 5.12. The minimum absolute atomic E-state index is 0.357. The van der Waals surface area contributed by atoms with Gasteiger partial charge in [0.2, 0.25) is 0 Å². The Balaban J connectivity index is 0.924. The molecule has 0 saturated heterocycles. The Morgan fingerprint density at radius 3 is 1.43 bits per heavy atom. The van der Waals surface area contributed by atoms with Gasteiger partial charge in [-0.1, -0.05) is 115 Å². The fourth-order valence-electron chi connectivity index (χ4n) is 9.48. The maximum atomic E-state index is 2.52. The van der Waals surface area contributed by atoms with E-state index < -0.39 is 0 Å². The van der Waals surface area contributed by atoms with Crippen LogP contribution in [-0.2, 0) is 0 Å². The summed E-state index contributed by atoms with van der Waals surface area (Å²) in [5.41, 5.74) is 11.7. The summed E-state index contributed by atoms with van der Waals surface area (Å²) in [4.78, 5) is 1.42. The summed E-state index contributed by atoms with van der Waals surface area (Å²) in [5.74, 6) is 0.357. The molecular weight excluding hydrogens is 777 g/mol. The second kappa shape index (κ2) is 12.9. The SMILES string of the molecule is C1=CC2Sc3ccc4sc5ccc(-c6cccc(-c7ccc8sc9ccc%10sc%11ccc(-c%12ccccc%12)cc%11c%10c9c8c7)c6)cc5c4c3C2C=C1c1ccccc1. The molecule has 0 spiro atoms. The van der Waals surface area contributed by atoms with Crippen molar-refractivity contribution in [1.29, 1.82) is 0 Å². The molecule has 0 N–H and O–H groups in total. The summed E-state index contributed by atoms with van der Waals surface area (Å²) in [6, 6.07) is 61.4. The van der Waals surface area contributed by atoms with Gasteiger partial charge in [-0.25, -0.2) is 0 Å². The van der Waals surface area contributed by atoms with Crippen molar-refractivity contribution in [3.8, 4) is 33.4 Å². The number of thiophene rings is 3. The average Bonchev–Trinajstić information content (AvgIpc) is 4.05. The van der Waals surface area contributed by atoms with Crippen molar-refractivity contribution in [3.63, 3.8) is 0 Å². The van der Waals surface area contributed by atoms with Gasteiger partial charge in [0.1, 0.15) is 0 Å². The lowest BCUT2D eigenvalue weighted by molar-refractivity contribution is 0.895. The van der Waals surface area contributed by atoms with Gasteiger partial charge in [-0.15, -0.1) is 45.8 Å². The van der Waals surface area contributed by atoms with Crippen molar-refractivity contribution in [3.05, 3.63) is 193 Å². The normalized spacial score (nSPS) is 16.2. The summed E-state index contributed by atoms with van der Waals surface area (Å²) >= 11 is 7.76. The summed E-state index contributed by atoms with van der Waals surface area (Å²) < 4.78 is 8.11. The monoisotopic (exact) mass is 808 g/mol. The van der Waals surface area contributed by atoms with Gasteiger partial charge in [-0.2, -0.15) is 0 Å². The van der Waals surface area contributed by atoms with Crippen molar-refractivity contribution in [2.24, 2.45) is 0 Å². The molecule has 58 heavy (non-hydrogen) atoms. The lowest BCUT2D eigenvalue weighted by Gasteiger charge is -2.20. The fourth-order valence-corrected chi connectivity index (χ4v) is 14.1. The highest BCUT2D eigenvalue weighted by Gasteiger charge is 2.35. The van der Waals surface area contributed by atoms with Gasteiger partial charge in [0.15, 0.2) is 0 Å². The highest BCUT2D eigenvalue weighted by atomic mass is 32.2. The second-order valence-electron chi connectivity index (χ2n) is 15.5. The highest BCUT2D eigenvalue weighted by molar-refractivity contribution is 8.00. The maximum absolute atomic E-state index is 2.52. The summed E-state index contributed by atoms with van der Waals surface area (Å²) in [6.07, 6.45) is 7.28. The molecule has 0 saturated carbocycles. The standard InChI is InChI=1S/C54H32S4/c1-3-8-31(9-4-1)35-14-18-43-39(27-35)51-47(55-43)22-24-49-53(51)41-29-37(16-20-45(41)57-49)33-12-7-13-34(26-33)38-17-21-46-42(30-38)54-50(58-46)25-23-48-52(54)40-28-36(15-19-44(40)56-48)32-10-5-2-6-11-32/h1-30,39,43H. The first-order valence-corrected chi connectivity index (χ1v) is 23.1. The zero-order valence-corrected chi connectivity index (χ0v) is 34.4. The van der Waals surface area contributed by atoms with E-state index in [2.05, 4.69) is 182 Å². The first-order chi connectivity index (χ1) is 28.7. The zero-order chi connectivity index (χ0) is 37.9. The van der Waals surface area contributed by atoms with Gasteiger partial charge in [0.05, 0.1) is 0 Å². The summed E-state index contributed by atoms with van der Waals surface area (Å²) in [7, 11) is 0. The van der Waals surface area contributed by atoms with E-state index in [-0.39, 0.29) is 0 Å². The molecule has 2 atom stereocenters. The predicted molar refractivity (Wildman–Crippen MR) is 257 cm³/mol. The van der Waals surface area contributed by atoms with Crippen LogP contribution in [-0.4, -0.2) is 5.25 Å². The first-order valence-electron chi connectivity index (χ1n) is 19.8. The smallest absolute Gasteiger partial charge is 0.0382 e. The number of benzene rings is 8. The lowest BCUT2D eigenvalue weighted by Crippen LogP contribution is -2.09. The Kier molecular flexibility index (Phi) is 7.38. The van der Waals surface area contributed by atoms with Crippen LogP contribution in [0.2, 0.25) is 0 Å². The number of fused-ring (bicyclic) bond motifs is 14. The van der Waals surface area contributed by atoms with E-state index in [0.717, 1.165) is 0 Å². The maximum Gasteiger partial charge on any atom is 0.0382 e.